The quantitative estimate of drug-likeness (QED) is 0.598. The van der Waals surface area contributed by atoms with Gasteiger partial charge in [0.05, 0.1) is 26.8 Å². The number of para-hydroxylation sites is 1. The van der Waals surface area contributed by atoms with Crippen LogP contribution in [0.25, 0.3) is 0 Å². The molecule has 0 spiro atoms. The monoisotopic (exact) mass is 342 g/mol. The lowest BCUT2D eigenvalue weighted by atomic mass is 10.0. The number of rotatable bonds is 7. The predicted molar refractivity (Wildman–Crippen MR) is 103 cm³/mol. The van der Waals surface area contributed by atoms with Crippen LogP contribution in [0.4, 0.5) is 5.69 Å². The van der Waals surface area contributed by atoms with Gasteiger partial charge < -0.3 is 25.4 Å². The van der Waals surface area contributed by atoms with E-state index in [1.807, 2.05) is 62.6 Å². The van der Waals surface area contributed by atoms with E-state index in [1.165, 1.54) is 0 Å². The molecule has 0 aliphatic rings. The van der Waals surface area contributed by atoms with Crippen LogP contribution in [0.2, 0.25) is 0 Å². The van der Waals surface area contributed by atoms with Gasteiger partial charge in [-0.2, -0.15) is 0 Å². The Morgan fingerprint density at radius 2 is 1.76 bits per heavy atom. The first-order chi connectivity index (χ1) is 12.0. The summed E-state index contributed by atoms with van der Waals surface area (Å²) in [4.78, 5) is 6.59. The summed E-state index contributed by atoms with van der Waals surface area (Å²) in [5, 5.41) is 3.09. The summed E-state index contributed by atoms with van der Waals surface area (Å²) in [5.74, 6) is 2.01. The van der Waals surface area contributed by atoms with Crippen LogP contribution in [-0.2, 0) is 0 Å². The Morgan fingerprint density at radius 1 is 1.08 bits per heavy atom. The number of nitrogens with one attached hydrogen (secondary N) is 1. The van der Waals surface area contributed by atoms with Crippen LogP contribution in [0, 0.1) is 0 Å². The molecule has 3 N–H and O–H groups in total. The fraction of sp³-hybridized carbons (Fsp3) is 0.316. The molecule has 0 saturated heterocycles. The van der Waals surface area contributed by atoms with Gasteiger partial charge in [-0.1, -0.05) is 18.2 Å². The Kier molecular flexibility index (Phi) is 6.65. The average Bonchev–Trinajstić information content (AvgIpc) is 2.62. The fourth-order valence-corrected chi connectivity index (χ4v) is 2.53. The van der Waals surface area contributed by atoms with E-state index in [4.69, 9.17) is 15.2 Å². The first kappa shape index (κ1) is 18.6. The summed E-state index contributed by atoms with van der Waals surface area (Å²) < 4.78 is 10.6. The molecule has 0 saturated carbocycles. The molecular formula is C19H26N4O2. The molecule has 25 heavy (non-hydrogen) atoms. The van der Waals surface area contributed by atoms with Crippen molar-refractivity contribution in [2.45, 2.75) is 6.04 Å². The van der Waals surface area contributed by atoms with Crippen molar-refractivity contribution in [1.82, 2.24) is 4.90 Å². The number of anilines is 1. The minimum atomic E-state index is 0.0624. The lowest BCUT2D eigenvalue weighted by molar-refractivity contribution is 0.295. The number of methoxy groups -OCH3 is 2. The van der Waals surface area contributed by atoms with E-state index in [0.717, 1.165) is 22.7 Å². The van der Waals surface area contributed by atoms with E-state index < -0.39 is 0 Å². The number of ether oxygens (including phenoxy) is 2. The SMILES string of the molecule is COc1ccc(NC(N)=NCC(c2ccccc2OC)N(C)C)cc1. The number of aliphatic imine (C=N–C) groups is 1. The molecule has 0 aliphatic heterocycles. The number of nitrogens with two attached hydrogens (primary N) is 1. The maximum Gasteiger partial charge on any atom is 0.193 e. The number of likely N-dealkylation sites (N-methyl/N-ethyl adjacent to an activating group) is 1. The summed E-state index contributed by atoms with van der Waals surface area (Å²) in [6.07, 6.45) is 0. The molecule has 134 valence electrons. The molecule has 2 rings (SSSR count). The van der Waals surface area contributed by atoms with Gasteiger partial charge in [0.2, 0.25) is 0 Å². The topological polar surface area (TPSA) is 72.1 Å². The third-order valence-corrected chi connectivity index (χ3v) is 3.92. The lowest BCUT2D eigenvalue weighted by Gasteiger charge is -2.25. The molecule has 6 heteroatoms. The second-order valence-corrected chi connectivity index (χ2v) is 5.80. The van der Waals surface area contributed by atoms with Crippen molar-refractivity contribution in [3.8, 4) is 11.5 Å². The summed E-state index contributed by atoms with van der Waals surface area (Å²) in [5.41, 5.74) is 7.97. The standard InChI is InChI=1S/C19H26N4O2/c1-23(2)17(16-7-5-6-8-18(16)25-4)13-21-19(20)22-14-9-11-15(24-3)12-10-14/h5-12,17H,13H2,1-4H3,(H3,20,21,22). The highest BCUT2D eigenvalue weighted by Gasteiger charge is 2.17. The smallest absolute Gasteiger partial charge is 0.193 e. The largest absolute Gasteiger partial charge is 0.497 e. The van der Waals surface area contributed by atoms with Gasteiger partial charge in [0, 0.05) is 11.3 Å². The minimum Gasteiger partial charge on any atom is -0.497 e. The number of guanidine groups is 1. The highest BCUT2D eigenvalue weighted by Crippen LogP contribution is 2.28. The number of benzene rings is 2. The molecule has 2 aromatic carbocycles. The molecule has 2 aromatic rings. The minimum absolute atomic E-state index is 0.0624. The van der Waals surface area contributed by atoms with Crippen LogP contribution in [0.3, 0.4) is 0 Å². The van der Waals surface area contributed by atoms with Gasteiger partial charge >= 0.3 is 0 Å². The van der Waals surface area contributed by atoms with Crippen molar-refractivity contribution in [2.75, 3.05) is 40.2 Å². The molecular weight excluding hydrogens is 316 g/mol. The number of hydrogen-bond donors (Lipinski definition) is 2. The Labute approximate surface area is 149 Å². The zero-order chi connectivity index (χ0) is 18.2. The summed E-state index contributed by atoms with van der Waals surface area (Å²) >= 11 is 0. The zero-order valence-electron chi connectivity index (χ0n) is 15.2. The van der Waals surface area contributed by atoms with Gasteiger partial charge in [-0.25, -0.2) is 0 Å². The van der Waals surface area contributed by atoms with E-state index in [-0.39, 0.29) is 6.04 Å². The molecule has 1 atom stereocenters. The van der Waals surface area contributed by atoms with Crippen LogP contribution in [0.15, 0.2) is 53.5 Å². The van der Waals surface area contributed by atoms with Crippen LogP contribution in [-0.4, -0.2) is 45.7 Å². The van der Waals surface area contributed by atoms with Gasteiger partial charge in [-0.05, 0) is 44.4 Å². The van der Waals surface area contributed by atoms with Crippen LogP contribution < -0.4 is 20.5 Å². The molecule has 6 nitrogen and oxygen atoms in total. The van der Waals surface area contributed by atoms with Crippen LogP contribution >= 0.6 is 0 Å². The predicted octanol–water partition coefficient (Wildman–Crippen LogP) is 2.73. The van der Waals surface area contributed by atoms with E-state index >= 15 is 0 Å². The summed E-state index contributed by atoms with van der Waals surface area (Å²) in [6.45, 7) is 0.516. The third-order valence-electron chi connectivity index (χ3n) is 3.92. The van der Waals surface area contributed by atoms with E-state index in [1.54, 1.807) is 14.2 Å². The fourth-order valence-electron chi connectivity index (χ4n) is 2.53. The molecule has 0 radical (unpaired) electrons. The maximum absolute atomic E-state index is 6.03. The van der Waals surface area contributed by atoms with Gasteiger partial charge in [0.1, 0.15) is 11.5 Å². The first-order valence-electron chi connectivity index (χ1n) is 8.05. The van der Waals surface area contributed by atoms with Gasteiger partial charge in [0.15, 0.2) is 5.96 Å². The van der Waals surface area contributed by atoms with E-state index in [0.29, 0.717) is 12.5 Å². The highest BCUT2D eigenvalue weighted by atomic mass is 16.5. The number of hydrogen-bond acceptors (Lipinski definition) is 4. The zero-order valence-corrected chi connectivity index (χ0v) is 15.2. The van der Waals surface area contributed by atoms with Crippen molar-refractivity contribution >= 4 is 11.6 Å². The maximum atomic E-state index is 6.03. The first-order valence-corrected chi connectivity index (χ1v) is 8.05. The summed E-state index contributed by atoms with van der Waals surface area (Å²) in [6, 6.07) is 15.5. The molecule has 0 bridgehead atoms. The van der Waals surface area contributed by atoms with Gasteiger partial charge in [0.25, 0.3) is 0 Å². The van der Waals surface area contributed by atoms with Crippen molar-refractivity contribution in [2.24, 2.45) is 10.7 Å². The Hall–Kier alpha value is -2.73. The van der Waals surface area contributed by atoms with Crippen molar-refractivity contribution < 1.29 is 9.47 Å². The Morgan fingerprint density at radius 3 is 2.36 bits per heavy atom. The molecule has 0 fully saturated rings. The van der Waals surface area contributed by atoms with Gasteiger partial charge in [-0.15, -0.1) is 0 Å². The van der Waals surface area contributed by atoms with Crippen molar-refractivity contribution in [1.29, 1.82) is 0 Å². The van der Waals surface area contributed by atoms with Crippen molar-refractivity contribution in [3.63, 3.8) is 0 Å². The molecule has 0 aliphatic carbocycles. The van der Waals surface area contributed by atoms with Crippen molar-refractivity contribution in [3.05, 3.63) is 54.1 Å². The molecule has 0 amide bonds. The van der Waals surface area contributed by atoms with Crippen LogP contribution in [0.5, 0.6) is 11.5 Å². The second kappa shape index (κ2) is 8.94. The van der Waals surface area contributed by atoms with E-state index in [9.17, 15) is 0 Å². The number of nitrogens with zero attached hydrogens (tertiary/aromatic N) is 2. The normalized spacial score (nSPS) is 12.8. The third kappa shape index (κ3) is 5.12. The Bertz CT molecular complexity index is 699. The lowest BCUT2D eigenvalue weighted by Crippen LogP contribution is -2.27. The van der Waals surface area contributed by atoms with E-state index in [2.05, 4.69) is 15.2 Å². The highest BCUT2D eigenvalue weighted by molar-refractivity contribution is 5.92. The molecule has 1 unspecified atom stereocenters. The van der Waals surface area contributed by atoms with Crippen LogP contribution in [0.1, 0.15) is 11.6 Å². The summed E-state index contributed by atoms with van der Waals surface area (Å²) in [7, 11) is 7.34. The average molecular weight is 342 g/mol. The second-order valence-electron chi connectivity index (χ2n) is 5.80. The molecule has 0 heterocycles. The molecule has 0 aromatic heterocycles. The van der Waals surface area contributed by atoms with Gasteiger partial charge in [-0.3, -0.25) is 4.99 Å². The Balaban J connectivity index is 2.09.